The SMILES string of the molecule is CC(C)(C)c1cc(=O)[nH]c2cc(NC(=O)Cc3ccc([N+](=O)[O-])cc3)ccc12. The van der Waals surface area contributed by atoms with Crippen molar-refractivity contribution in [2.75, 3.05) is 5.32 Å². The highest BCUT2D eigenvalue weighted by Gasteiger charge is 2.18. The van der Waals surface area contributed by atoms with Crippen LogP contribution in [0.15, 0.2) is 53.3 Å². The van der Waals surface area contributed by atoms with E-state index in [1.807, 2.05) is 26.8 Å². The van der Waals surface area contributed by atoms with Crippen molar-refractivity contribution in [3.05, 3.63) is 80.1 Å². The Balaban J connectivity index is 1.81. The number of carbonyl (C=O) groups excluding carboxylic acids is 1. The molecule has 1 heterocycles. The minimum atomic E-state index is -0.481. The van der Waals surface area contributed by atoms with Gasteiger partial charge in [0.1, 0.15) is 0 Å². The number of aromatic amines is 1. The van der Waals surface area contributed by atoms with Crippen molar-refractivity contribution >= 4 is 28.2 Å². The van der Waals surface area contributed by atoms with Crippen molar-refractivity contribution in [3.63, 3.8) is 0 Å². The lowest BCUT2D eigenvalue weighted by molar-refractivity contribution is -0.384. The van der Waals surface area contributed by atoms with Crippen LogP contribution in [0.3, 0.4) is 0 Å². The molecule has 7 nitrogen and oxygen atoms in total. The Morgan fingerprint density at radius 1 is 1.11 bits per heavy atom. The third-order valence-corrected chi connectivity index (χ3v) is 4.45. The number of H-pyrrole nitrogens is 1. The summed E-state index contributed by atoms with van der Waals surface area (Å²) in [6, 6.07) is 12.9. The Morgan fingerprint density at radius 2 is 1.79 bits per heavy atom. The highest BCUT2D eigenvalue weighted by Crippen LogP contribution is 2.29. The number of hydrogen-bond donors (Lipinski definition) is 2. The van der Waals surface area contributed by atoms with Crippen molar-refractivity contribution in [1.29, 1.82) is 0 Å². The lowest BCUT2D eigenvalue weighted by atomic mass is 9.85. The molecule has 2 N–H and O–H groups in total. The normalized spacial score (nSPS) is 11.4. The smallest absolute Gasteiger partial charge is 0.269 e. The summed E-state index contributed by atoms with van der Waals surface area (Å²) in [6.45, 7) is 6.13. The lowest BCUT2D eigenvalue weighted by Gasteiger charge is -2.21. The molecule has 0 aliphatic carbocycles. The Bertz CT molecular complexity index is 1110. The first-order valence-corrected chi connectivity index (χ1v) is 8.84. The van der Waals surface area contributed by atoms with Crippen LogP contribution < -0.4 is 10.9 Å². The maximum Gasteiger partial charge on any atom is 0.269 e. The van der Waals surface area contributed by atoms with Crippen LogP contribution in [0.5, 0.6) is 0 Å². The van der Waals surface area contributed by atoms with Gasteiger partial charge in [-0.15, -0.1) is 0 Å². The first-order chi connectivity index (χ1) is 13.1. The summed E-state index contributed by atoms with van der Waals surface area (Å²) in [5.74, 6) is -0.248. The highest BCUT2D eigenvalue weighted by molar-refractivity contribution is 5.95. The zero-order valence-electron chi connectivity index (χ0n) is 15.9. The van der Waals surface area contributed by atoms with E-state index in [0.29, 0.717) is 16.8 Å². The van der Waals surface area contributed by atoms with Crippen molar-refractivity contribution in [1.82, 2.24) is 4.98 Å². The number of carbonyl (C=O) groups is 1. The average Bonchev–Trinajstić information content (AvgIpc) is 2.60. The van der Waals surface area contributed by atoms with Gasteiger partial charge in [-0.25, -0.2) is 0 Å². The average molecular weight is 379 g/mol. The van der Waals surface area contributed by atoms with Gasteiger partial charge >= 0.3 is 0 Å². The zero-order valence-corrected chi connectivity index (χ0v) is 15.9. The number of nitrogens with one attached hydrogen (secondary N) is 2. The molecule has 1 amide bonds. The molecule has 144 valence electrons. The molecule has 0 saturated heterocycles. The number of aromatic nitrogens is 1. The standard InChI is InChI=1S/C21H21N3O4/c1-21(2,3)17-12-20(26)23-18-11-14(6-9-16(17)18)22-19(25)10-13-4-7-15(8-5-13)24(27)28/h4-9,11-12H,10H2,1-3H3,(H,22,25)(H,23,26). The summed E-state index contributed by atoms with van der Waals surface area (Å²) in [5, 5.41) is 14.4. The van der Waals surface area contributed by atoms with Crippen molar-refractivity contribution < 1.29 is 9.72 Å². The second kappa shape index (κ2) is 7.26. The molecule has 28 heavy (non-hydrogen) atoms. The molecule has 0 fully saturated rings. The van der Waals surface area contributed by atoms with Crippen LogP contribution in [0.2, 0.25) is 0 Å². The lowest BCUT2D eigenvalue weighted by Crippen LogP contribution is -2.18. The van der Waals surface area contributed by atoms with E-state index in [1.54, 1.807) is 30.3 Å². The number of fused-ring (bicyclic) bond motifs is 1. The molecular weight excluding hydrogens is 358 g/mol. The molecule has 7 heteroatoms. The van der Waals surface area contributed by atoms with Gasteiger partial charge in [-0.3, -0.25) is 19.7 Å². The summed E-state index contributed by atoms with van der Waals surface area (Å²) in [6.07, 6.45) is 0.0918. The van der Waals surface area contributed by atoms with E-state index in [1.165, 1.54) is 12.1 Å². The van der Waals surface area contributed by atoms with Crippen LogP contribution in [0.4, 0.5) is 11.4 Å². The number of anilines is 1. The number of pyridine rings is 1. The molecule has 0 saturated carbocycles. The van der Waals surface area contributed by atoms with Gasteiger partial charge in [-0.05, 0) is 28.7 Å². The molecular formula is C21H21N3O4. The van der Waals surface area contributed by atoms with Gasteiger partial charge in [0.15, 0.2) is 0 Å². The molecule has 0 bridgehead atoms. The number of nitro benzene ring substituents is 1. The molecule has 0 unspecified atom stereocenters. The summed E-state index contributed by atoms with van der Waals surface area (Å²) in [4.78, 5) is 37.3. The van der Waals surface area contributed by atoms with E-state index >= 15 is 0 Å². The number of rotatable bonds is 4. The monoisotopic (exact) mass is 379 g/mol. The first kappa shape index (κ1) is 19.3. The topological polar surface area (TPSA) is 105 Å². The van der Waals surface area contributed by atoms with Crippen LogP contribution in [0.1, 0.15) is 31.9 Å². The molecule has 3 aromatic rings. The Kier molecular flexibility index (Phi) is 5.00. The predicted octanol–water partition coefficient (Wildman–Crippen LogP) is 3.92. The molecule has 2 aromatic carbocycles. The Morgan fingerprint density at radius 3 is 2.39 bits per heavy atom. The molecule has 3 rings (SSSR count). The minimum Gasteiger partial charge on any atom is -0.326 e. The van der Waals surface area contributed by atoms with E-state index in [4.69, 9.17) is 0 Å². The van der Waals surface area contributed by atoms with Crippen LogP contribution >= 0.6 is 0 Å². The number of amides is 1. The Hall–Kier alpha value is -3.48. The van der Waals surface area contributed by atoms with Gasteiger partial charge in [0.05, 0.1) is 16.9 Å². The van der Waals surface area contributed by atoms with Crippen LogP contribution in [-0.2, 0) is 16.6 Å². The minimum absolute atomic E-state index is 0.0164. The summed E-state index contributed by atoms with van der Waals surface area (Å²) in [7, 11) is 0. The zero-order chi connectivity index (χ0) is 20.5. The fourth-order valence-corrected chi connectivity index (χ4v) is 3.08. The van der Waals surface area contributed by atoms with Crippen LogP contribution in [-0.4, -0.2) is 15.8 Å². The summed E-state index contributed by atoms with van der Waals surface area (Å²) < 4.78 is 0. The van der Waals surface area contributed by atoms with Gasteiger partial charge in [-0.1, -0.05) is 39.0 Å². The van der Waals surface area contributed by atoms with E-state index in [9.17, 15) is 19.7 Å². The number of nitro groups is 1. The maximum absolute atomic E-state index is 12.3. The van der Waals surface area contributed by atoms with Crippen molar-refractivity contribution in [2.45, 2.75) is 32.6 Å². The molecule has 0 radical (unpaired) electrons. The van der Waals surface area contributed by atoms with Gasteiger partial charge in [0.2, 0.25) is 11.5 Å². The fraction of sp³-hybridized carbons (Fsp3) is 0.238. The van der Waals surface area contributed by atoms with Crippen LogP contribution in [0.25, 0.3) is 10.9 Å². The number of nitrogens with zero attached hydrogens (tertiary/aromatic N) is 1. The second-order valence-corrected chi connectivity index (χ2v) is 7.71. The Labute approximate surface area is 161 Å². The maximum atomic E-state index is 12.3. The third-order valence-electron chi connectivity index (χ3n) is 4.45. The van der Waals surface area contributed by atoms with E-state index in [-0.39, 0.29) is 29.0 Å². The number of hydrogen-bond acceptors (Lipinski definition) is 4. The third kappa shape index (κ3) is 4.25. The summed E-state index contributed by atoms with van der Waals surface area (Å²) in [5.41, 5.74) is 2.45. The number of benzene rings is 2. The first-order valence-electron chi connectivity index (χ1n) is 8.84. The summed E-state index contributed by atoms with van der Waals surface area (Å²) >= 11 is 0. The number of non-ortho nitro benzene ring substituents is 1. The van der Waals surface area contributed by atoms with E-state index < -0.39 is 4.92 Å². The van der Waals surface area contributed by atoms with Crippen LogP contribution in [0, 0.1) is 10.1 Å². The molecule has 1 aromatic heterocycles. The van der Waals surface area contributed by atoms with E-state index in [2.05, 4.69) is 10.3 Å². The van der Waals surface area contributed by atoms with Crippen molar-refractivity contribution in [3.8, 4) is 0 Å². The molecule has 0 spiro atoms. The van der Waals surface area contributed by atoms with Crippen molar-refractivity contribution in [2.24, 2.45) is 0 Å². The second-order valence-electron chi connectivity index (χ2n) is 7.71. The van der Waals surface area contributed by atoms with Gasteiger partial charge in [0.25, 0.3) is 5.69 Å². The quantitative estimate of drug-likeness (QED) is 0.529. The molecule has 0 aliphatic heterocycles. The fourth-order valence-electron chi connectivity index (χ4n) is 3.08. The van der Waals surface area contributed by atoms with E-state index in [0.717, 1.165) is 10.9 Å². The van der Waals surface area contributed by atoms with Gasteiger partial charge < -0.3 is 10.3 Å². The molecule has 0 aliphatic rings. The van der Waals surface area contributed by atoms with Gasteiger partial charge in [-0.2, -0.15) is 0 Å². The molecule has 0 atom stereocenters. The van der Waals surface area contributed by atoms with Gasteiger partial charge in [0, 0.05) is 29.3 Å². The largest absolute Gasteiger partial charge is 0.326 e. The highest BCUT2D eigenvalue weighted by atomic mass is 16.6. The predicted molar refractivity (Wildman–Crippen MR) is 109 cm³/mol.